The molecule has 0 aliphatic heterocycles. The Morgan fingerprint density at radius 2 is 1.90 bits per heavy atom. The van der Waals surface area contributed by atoms with Gasteiger partial charge in [-0.2, -0.15) is 0 Å². The van der Waals surface area contributed by atoms with E-state index in [0.29, 0.717) is 0 Å². The molecule has 0 aromatic heterocycles. The van der Waals surface area contributed by atoms with E-state index in [1.54, 1.807) is 18.9 Å². The number of anilines is 2. The lowest BCUT2D eigenvalue weighted by Gasteiger charge is -2.09. The number of carbonyl (C=O) groups is 1. The minimum absolute atomic E-state index is 0.0882. The SMILES string of the molecule is COc1ccc(NC(=O)CNc2cccc(SC)c2)cc1. The van der Waals surface area contributed by atoms with Gasteiger partial charge in [-0.05, 0) is 48.7 Å². The molecule has 0 aliphatic carbocycles. The van der Waals surface area contributed by atoms with Crippen LogP contribution in [-0.4, -0.2) is 25.8 Å². The van der Waals surface area contributed by atoms with E-state index < -0.39 is 0 Å². The summed E-state index contributed by atoms with van der Waals surface area (Å²) in [4.78, 5) is 13.0. The molecule has 2 aromatic rings. The molecule has 0 radical (unpaired) electrons. The van der Waals surface area contributed by atoms with Gasteiger partial charge in [-0.15, -0.1) is 11.8 Å². The van der Waals surface area contributed by atoms with Gasteiger partial charge in [0.2, 0.25) is 5.91 Å². The molecule has 1 amide bonds. The predicted molar refractivity (Wildman–Crippen MR) is 88.3 cm³/mol. The van der Waals surface area contributed by atoms with Crippen LogP contribution in [0.3, 0.4) is 0 Å². The van der Waals surface area contributed by atoms with Crippen LogP contribution in [0.15, 0.2) is 53.4 Å². The molecule has 0 spiro atoms. The van der Waals surface area contributed by atoms with E-state index in [1.807, 2.05) is 54.8 Å². The lowest BCUT2D eigenvalue weighted by molar-refractivity contribution is -0.114. The van der Waals surface area contributed by atoms with Gasteiger partial charge in [-0.3, -0.25) is 4.79 Å². The number of carbonyl (C=O) groups excluding carboxylic acids is 1. The van der Waals surface area contributed by atoms with Gasteiger partial charge in [-0.1, -0.05) is 6.07 Å². The van der Waals surface area contributed by atoms with E-state index in [4.69, 9.17) is 4.74 Å². The zero-order chi connectivity index (χ0) is 15.1. The standard InChI is InChI=1S/C16H18N2O2S/c1-20-14-8-6-12(7-9-14)18-16(19)11-17-13-4-3-5-15(10-13)21-2/h3-10,17H,11H2,1-2H3,(H,18,19). The highest BCUT2D eigenvalue weighted by Crippen LogP contribution is 2.19. The number of nitrogens with one attached hydrogen (secondary N) is 2. The minimum atomic E-state index is -0.0882. The molecule has 0 saturated heterocycles. The zero-order valence-electron chi connectivity index (χ0n) is 12.1. The first-order valence-electron chi connectivity index (χ1n) is 6.53. The van der Waals surface area contributed by atoms with Gasteiger partial charge in [-0.25, -0.2) is 0 Å². The van der Waals surface area contributed by atoms with Crippen LogP contribution in [0.1, 0.15) is 0 Å². The Morgan fingerprint density at radius 3 is 2.57 bits per heavy atom. The van der Waals surface area contributed by atoms with Gasteiger partial charge in [0.1, 0.15) is 5.75 Å². The molecule has 4 nitrogen and oxygen atoms in total. The van der Waals surface area contributed by atoms with Crippen molar-refractivity contribution < 1.29 is 9.53 Å². The number of ether oxygens (including phenoxy) is 1. The molecule has 21 heavy (non-hydrogen) atoms. The molecule has 2 N–H and O–H groups in total. The van der Waals surface area contributed by atoms with Gasteiger partial charge in [0.15, 0.2) is 0 Å². The maximum absolute atomic E-state index is 11.9. The second-order valence-corrected chi connectivity index (χ2v) is 5.24. The molecule has 0 aliphatic rings. The van der Waals surface area contributed by atoms with Crippen LogP contribution in [0, 0.1) is 0 Å². The van der Waals surface area contributed by atoms with E-state index in [1.165, 1.54) is 0 Å². The number of thioether (sulfide) groups is 1. The van der Waals surface area contributed by atoms with E-state index in [2.05, 4.69) is 10.6 Å². The lowest BCUT2D eigenvalue weighted by atomic mass is 10.3. The molecule has 2 rings (SSSR count). The monoisotopic (exact) mass is 302 g/mol. The van der Waals surface area contributed by atoms with Gasteiger partial charge in [0, 0.05) is 16.3 Å². The summed E-state index contributed by atoms with van der Waals surface area (Å²) in [5, 5.41) is 5.94. The lowest BCUT2D eigenvalue weighted by Crippen LogP contribution is -2.21. The van der Waals surface area contributed by atoms with Crippen LogP contribution in [0.2, 0.25) is 0 Å². The third-order valence-corrected chi connectivity index (χ3v) is 3.62. The Balaban J connectivity index is 1.86. The quantitative estimate of drug-likeness (QED) is 0.802. The van der Waals surface area contributed by atoms with Crippen molar-refractivity contribution in [2.75, 3.05) is 30.5 Å². The van der Waals surface area contributed by atoms with Crippen molar-refractivity contribution in [2.24, 2.45) is 0 Å². The number of rotatable bonds is 6. The summed E-state index contributed by atoms with van der Waals surface area (Å²) in [6.07, 6.45) is 2.02. The fraction of sp³-hybridized carbons (Fsp3) is 0.188. The zero-order valence-corrected chi connectivity index (χ0v) is 12.9. The van der Waals surface area contributed by atoms with Crippen molar-refractivity contribution >= 4 is 29.0 Å². The molecule has 0 unspecified atom stereocenters. The van der Waals surface area contributed by atoms with Crippen LogP contribution in [0.4, 0.5) is 11.4 Å². The van der Waals surface area contributed by atoms with Crippen LogP contribution in [0.25, 0.3) is 0 Å². The summed E-state index contributed by atoms with van der Waals surface area (Å²) in [6.45, 7) is 0.226. The number of hydrogen-bond donors (Lipinski definition) is 2. The summed E-state index contributed by atoms with van der Waals surface area (Å²) >= 11 is 1.67. The molecule has 0 saturated carbocycles. The van der Waals surface area contributed by atoms with Crippen LogP contribution in [-0.2, 0) is 4.79 Å². The highest BCUT2D eigenvalue weighted by Gasteiger charge is 2.03. The Bertz CT molecular complexity index is 599. The van der Waals surface area contributed by atoms with Gasteiger partial charge in [0.05, 0.1) is 13.7 Å². The topological polar surface area (TPSA) is 50.4 Å². The number of hydrogen-bond acceptors (Lipinski definition) is 4. The minimum Gasteiger partial charge on any atom is -0.497 e. The van der Waals surface area contributed by atoms with Crippen LogP contribution in [0.5, 0.6) is 5.75 Å². The Labute approximate surface area is 128 Å². The highest BCUT2D eigenvalue weighted by atomic mass is 32.2. The van der Waals surface area contributed by atoms with E-state index in [0.717, 1.165) is 22.0 Å². The number of benzene rings is 2. The van der Waals surface area contributed by atoms with E-state index in [-0.39, 0.29) is 12.5 Å². The molecule has 0 fully saturated rings. The van der Waals surface area contributed by atoms with E-state index >= 15 is 0 Å². The van der Waals surface area contributed by atoms with Gasteiger partial charge < -0.3 is 15.4 Å². The normalized spacial score (nSPS) is 10.0. The van der Waals surface area contributed by atoms with Crippen molar-refractivity contribution in [3.05, 3.63) is 48.5 Å². The van der Waals surface area contributed by atoms with Crippen LogP contribution < -0.4 is 15.4 Å². The second kappa shape index (κ2) is 7.59. The summed E-state index contributed by atoms with van der Waals surface area (Å²) in [7, 11) is 1.61. The summed E-state index contributed by atoms with van der Waals surface area (Å²) in [6, 6.07) is 15.2. The Kier molecular flexibility index (Phi) is 5.51. The summed E-state index contributed by atoms with van der Waals surface area (Å²) in [5.41, 5.74) is 1.69. The molecular formula is C16H18N2O2S. The fourth-order valence-corrected chi connectivity index (χ4v) is 2.25. The average molecular weight is 302 g/mol. The smallest absolute Gasteiger partial charge is 0.243 e. The molecule has 0 atom stereocenters. The molecule has 5 heteroatoms. The Morgan fingerprint density at radius 1 is 1.14 bits per heavy atom. The average Bonchev–Trinajstić information content (AvgIpc) is 2.54. The molecule has 0 bridgehead atoms. The van der Waals surface area contributed by atoms with E-state index in [9.17, 15) is 4.79 Å². The molecular weight excluding hydrogens is 284 g/mol. The summed E-state index contributed by atoms with van der Waals surface area (Å²) in [5.74, 6) is 0.676. The second-order valence-electron chi connectivity index (χ2n) is 4.36. The first-order chi connectivity index (χ1) is 10.2. The predicted octanol–water partition coefficient (Wildman–Crippen LogP) is 3.47. The van der Waals surface area contributed by atoms with Crippen molar-refractivity contribution in [2.45, 2.75) is 4.90 Å². The van der Waals surface area contributed by atoms with Crippen molar-refractivity contribution in [3.8, 4) is 5.75 Å². The number of amides is 1. The summed E-state index contributed by atoms with van der Waals surface area (Å²) < 4.78 is 5.07. The largest absolute Gasteiger partial charge is 0.497 e. The maximum Gasteiger partial charge on any atom is 0.243 e. The van der Waals surface area contributed by atoms with Crippen molar-refractivity contribution in [3.63, 3.8) is 0 Å². The molecule has 2 aromatic carbocycles. The van der Waals surface area contributed by atoms with Crippen LogP contribution >= 0.6 is 11.8 Å². The maximum atomic E-state index is 11.9. The first-order valence-corrected chi connectivity index (χ1v) is 7.75. The fourth-order valence-electron chi connectivity index (χ4n) is 1.79. The van der Waals surface area contributed by atoms with Crippen molar-refractivity contribution in [1.82, 2.24) is 0 Å². The third-order valence-electron chi connectivity index (χ3n) is 2.90. The van der Waals surface area contributed by atoms with Gasteiger partial charge >= 0.3 is 0 Å². The number of methoxy groups -OCH3 is 1. The van der Waals surface area contributed by atoms with Crippen molar-refractivity contribution in [1.29, 1.82) is 0 Å². The first kappa shape index (κ1) is 15.3. The Hall–Kier alpha value is -2.14. The third kappa shape index (κ3) is 4.72. The molecule has 110 valence electrons. The highest BCUT2D eigenvalue weighted by molar-refractivity contribution is 7.98. The van der Waals surface area contributed by atoms with Gasteiger partial charge in [0.25, 0.3) is 0 Å². The molecule has 0 heterocycles.